The van der Waals surface area contributed by atoms with E-state index in [2.05, 4.69) is 12.6 Å². The van der Waals surface area contributed by atoms with Crippen molar-refractivity contribution in [1.29, 1.82) is 0 Å². The van der Waals surface area contributed by atoms with Crippen molar-refractivity contribution >= 4 is 24.7 Å². The van der Waals surface area contributed by atoms with Gasteiger partial charge in [0, 0.05) is 16.9 Å². The number of hydrogen-bond donors (Lipinski definition) is 1. The quantitative estimate of drug-likeness (QED) is 0.171. The molecule has 1 rings (SSSR count). The summed E-state index contributed by atoms with van der Waals surface area (Å²) in [5.74, 6) is 0.859. The summed E-state index contributed by atoms with van der Waals surface area (Å²) in [5.41, 5.74) is 1.21. The van der Waals surface area contributed by atoms with Crippen molar-refractivity contribution in [2.45, 2.75) is 82.4 Å². The van der Waals surface area contributed by atoms with Crippen LogP contribution in [0, 0.1) is 6.92 Å². The third kappa shape index (κ3) is 13.7. The van der Waals surface area contributed by atoms with Crippen LogP contribution in [0.3, 0.4) is 0 Å². The van der Waals surface area contributed by atoms with Crippen molar-refractivity contribution in [3.8, 4) is 0 Å². The summed E-state index contributed by atoms with van der Waals surface area (Å²) >= 11 is 5.47. The molecule has 1 aromatic rings. The van der Waals surface area contributed by atoms with E-state index in [1.165, 1.54) is 75.4 Å². The van der Waals surface area contributed by atoms with Gasteiger partial charge in [-0.25, -0.2) is 4.39 Å². The molecule has 0 aromatic heterocycles. The fourth-order valence-corrected chi connectivity index (χ4v) is 3.51. The average Bonchev–Trinajstić information content (AvgIpc) is 2.64. The molecule has 0 saturated heterocycles. The molecule has 0 aliphatic rings. The van der Waals surface area contributed by atoms with Gasteiger partial charge in [0.05, 0.1) is 0 Å². The summed E-state index contributed by atoms with van der Waals surface area (Å²) in [6.45, 7) is 2.09. The molecule has 0 N–H and O–H groups in total. The van der Waals surface area contributed by atoms with Crippen LogP contribution in [-0.4, -0.2) is 12.4 Å². The monoisotopic (exact) mass is 398 g/mol. The van der Waals surface area contributed by atoms with Gasteiger partial charge in [-0.05, 0) is 44.1 Å². The van der Waals surface area contributed by atoms with Gasteiger partial charge in [0.25, 0.3) is 0 Å². The van der Waals surface area contributed by atoms with Gasteiger partial charge < -0.3 is 4.18 Å². The molecule has 0 aliphatic carbocycles. The first kappa shape index (κ1) is 23.6. The van der Waals surface area contributed by atoms with Crippen LogP contribution in [0.15, 0.2) is 41.1 Å². The maximum absolute atomic E-state index is 13.7. The van der Waals surface area contributed by atoms with Crippen molar-refractivity contribution in [3.05, 3.63) is 41.7 Å². The lowest BCUT2D eigenvalue weighted by molar-refractivity contribution is 0.367. The number of rotatable bonds is 16. The molecule has 0 saturated carbocycles. The predicted octanol–water partition coefficient (Wildman–Crippen LogP) is 8.09. The van der Waals surface area contributed by atoms with E-state index < -0.39 is 0 Å². The highest BCUT2D eigenvalue weighted by Gasteiger charge is 1.99. The Balaban J connectivity index is 1.90. The highest BCUT2D eigenvalue weighted by atomic mass is 32.2. The van der Waals surface area contributed by atoms with Gasteiger partial charge in [0.2, 0.25) is 0 Å². The van der Waals surface area contributed by atoms with Crippen molar-refractivity contribution < 1.29 is 8.57 Å². The second kappa shape index (κ2) is 16.7. The molecule has 1 aromatic carbocycles. The standard InChI is InChI=1S/C22H35FOS2/c1-20-14-16-22(17-15-20)26-24-19-21(23)13-11-9-7-5-3-2-4-6-8-10-12-18-25/h13-17,25H,2-12,18-19H2,1H3/b21-13-. The van der Waals surface area contributed by atoms with E-state index in [1.54, 1.807) is 6.08 Å². The van der Waals surface area contributed by atoms with Crippen LogP contribution < -0.4 is 0 Å². The Hall–Kier alpha value is -0.450. The normalized spacial score (nSPS) is 11.9. The lowest BCUT2D eigenvalue weighted by atomic mass is 10.1. The van der Waals surface area contributed by atoms with E-state index in [1.807, 2.05) is 31.2 Å². The zero-order valence-corrected chi connectivity index (χ0v) is 17.9. The fraction of sp³-hybridized carbons (Fsp3) is 0.636. The highest BCUT2D eigenvalue weighted by Crippen LogP contribution is 2.20. The van der Waals surface area contributed by atoms with E-state index in [-0.39, 0.29) is 12.4 Å². The molecule has 0 spiro atoms. The molecule has 0 atom stereocenters. The van der Waals surface area contributed by atoms with E-state index >= 15 is 0 Å². The third-order valence-electron chi connectivity index (χ3n) is 4.35. The predicted molar refractivity (Wildman–Crippen MR) is 117 cm³/mol. The number of allylic oxidation sites excluding steroid dienone is 1. The van der Waals surface area contributed by atoms with Crippen molar-refractivity contribution in [2.24, 2.45) is 0 Å². The first-order valence-corrected chi connectivity index (χ1v) is 11.4. The summed E-state index contributed by atoms with van der Waals surface area (Å²) in [6, 6.07) is 8.04. The number of unbranched alkanes of at least 4 members (excludes halogenated alkanes) is 10. The zero-order valence-electron chi connectivity index (χ0n) is 16.2. The van der Waals surface area contributed by atoms with Crippen LogP contribution in [0.2, 0.25) is 0 Å². The number of halogens is 1. The van der Waals surface area contributed by atoms with Gasteiger partial charge in [0.15, 0.2) is 0 Å². The Morgan fingerprint density at radius 2 is 1.46 bits per heavy atom. The molecule has 4 heteroatoms. The number of thiol groups is 1. The maximum atomic E-state index is 13.7. The second-order valence-electron chi connectivity index (χ2n) is 6.86. The smallest absolute Gasteiger partial charge is 0.123 e. The van der Waals surface area contributed by atoms with Crippen LogP contribution in [0.1, 0.15) is 76.2 Å². The number of benzene rings is 1. The van der Waals surface area contributed by atoms with Crippen LogP contribution >= 0.6 is 24.7 Å². The molecule has 0 radical (unpaired) electrons. The summed E-state index contributed by atoms with van der Waals surface area (Å²) in [6.07, 6.45) is 15.3. The molecule has 0 fully saturated rings. The van der Waals surface area contributed by atoms with E-state index in [0.29, 0.717) is 0 Å². The fourth-order valence-electron chi connectivity index (χ4n) is 2.74. The van der Waals surface area contributed by atoms with Gasteiger partial charge in [0.1, 0.15) is 12.4 Å². The van der Waals surface area contributed by atoms with Gasteiger partial charge >= 0.3 is 0 Å². The second-order valence-corrected chi connectivity index (χ2v) is 8.18. The molecule has 26 heavy (non-hydrogen) atoms. The third-order valence-corrected chi connectivity index (χ3v) is 5.37. The summed E-state index contributed by atoms with van der Waals surface area (Å²) < 4.78 is 19.0. The summed E-state index contributed by atoms with van der Waals surface area (Å²) in [4.78, 5) is 1.00. The zero-order chi connectivity index (χ0) is 18.9. The van der Waals surface area contributed by atoms with Crippen molar-refractivity contribution in [2.75, 3.05) is 12.4 Å². The van der Waals surface area contributed by atoms with Crippen molar-refractivity contribution in [1.82, 2.24) is 0 Å². The maximum Gasteiger partial charge on any atom is 0.123 e. The molecule has 1 nitrogen and oxygen atoms in total. The molecular weight excluding hydrogens is 363 g/mol. The number of hydrogen-bond acceptors (Lipinski definition) is 3. The minimum atomic E-state index is -0.161. The van der Waals surface area contributed by atoms with E-state index in [4.69, 9.17) is 4.18 Å². The SMILES string of the molecule is Cc1ccc(SOC/C(F)=C/CCCCCCCCCCCCS)cc1. The molecule has 0 heterocycles. The molecular formula is C22H35FOS2. The summed E-state index contributed by atoms with van der Waals surface area (Å²) in [7, 11) is 0. The molecule has 0 unspecified atom stereocenters. The first-order chi connectivity index (χ1) is 12.7. The van der Waals surface area contributed by atoms with Crippen LogP contribution in [-0.2, 0) is 4.18 Å². The topological polar surface area (TPSA) is 9.23 Å². The van der Waals surface area contributed by atoms with E-state index in [0.717, 1.165) is 23.5 Å². The Kier molecular flexibility index (Phi) is 15.2. The van der Waals surface area contributed by atoms with Gasteiger partial charge in [-0.15, -0.1) is 0 Å². The minimum Gasteiger partial charge on any atom is -0.303 e. The Morgan fingerprint density at radius 1 is 0.923 bits per heavy atom. The van der Waals surface area contributed by atoms with Gasteiger partial charge in [-0.1, -0.05) is 75.1 Å². The Labute approximate surface area is 169 Å². The molecule has 0 aliphatic heterocycles. The van der Waals surface area contributed by atoms with E-state index in [9.17, 15) is 4.39 Å². The molecule has 148 valence electrons. The van der Waals surface area contributed by atoms with Crippen LogP contribution in [0.25, 0.3) is 0 Å². The molecule has 0 amide bonds. The molecule has 0 bridgehead atoms. The van der Waals surface area contributed by atoms with Crippen LogP contribution in [0.5, 0.6) is 0 Å². The largest absolute Gasteiger partial charge is 0.303 e. The Morgan fingerprint density at radius 3 is 2.04 bits per heavy atom. The van der Waals surface area contributed by atoms with Gasteiger partial charge in [-0.3, -0.25) is 0 Å². The minimum absolute atomic E-state index is 0.0474. The Bertz CT molecular complexity index is 474. The van der Waals surface area contributed by atoms with Crippen molar-refractivity contribution in [3.63, 3.8) is 0 Å². The first-order valence-electron chi connectivity index (χ1n) is 10.0. The lowest BCUT2D eigenvalue weighted by Gasteiger charge is -2.03. The highest BCUT2D eigenvalue weighted by molar-refractivity contribution is 7.94. The average molecular weight is 399 g/mol. The van der Waals surface area contributed by atoms with Gasteiger partial charge in [-0.2, -0.15) is 12.6 Å². The lowest BCUT2D eigenvalue weighted by Crippen LogP contribution is -1.88. The number of aryl methyl sites for hydroxylation is 1. The van der Waals surface area contributed by atoms with Crippen LogP contribution in [0.4, 0.5) is 4.39 Å². The summed E-state index contributed by atoms with van der Waals surface area (Å²) in [5, 5.41) is 0.